The fraction of sp³-hybridized carbons (Fsp3) is 0.278. The molecule has 0 bridgehead atoms. The third-order valence-corrected chi connectivity index (χ3v) is 2.63. The molecule has 7 heteroatoms. The van der Waals surface area contributed by atoms with Gasteiger partial charge in [-0.05, 0) is 36.4 Å². The van der Waals surface area contributed by atoms with Gasteiger partial charge in [-0.15, -0.1) is 0 Å². The fourth-order valence-electron chi connectivity index (χ4n) is 1.65. The molecule has 0 aliphatic heterocycles. The zero-order chi connectivity index (χ0) is 19.2. The molecular weight excluding hydrogens is 325 g/mol. The van der Waals surface area contributed by atoms with Gasteiger partial charge in [-0.1, -0.05) is 13.8 Å². The number of carbonyl (C=O) groups excluding carboxylic acids is 2. The summed E-state index contributed by atoms with van der Waals surface area (Å²) in [4.78, 5) is 26.2. The van der Waals surface area contributed by atoms with Gasteiger partial charge in [0.1, 0.15) is 12.1 Å². The van der Waals surface area contributed by atoms with Crippen LogP contribution in [0.3, 0.4) is 0 Å². The standard InChI is InChI=1S/C14H12FN3O2.C2H6O.C2H6/c15-10-3-1-9(2-4-10)12-6-5-11(16)13(18-12)14(20)17-7-8-19;1-3-2;1-2/h1-6,8H,7,16H2,(H,17,20);1-2H3;1-2H3. The van der Waals surface area contributed by atoms with Crippen LogP contribution in [0.5, 0.6) is 0 Å². The van der Waals surface area contributed by atoms with E-state index in [1.807, 2.05) is 13.8 Å². The average Bonchev–Trinajstić information content (AvgIpc) is 2.63. The van der Waals surface area contributed by atoms with E-state index in [2.05, 4.69) is 15.0 Å². The number of nitrogens with two attached hydrogens (primary N) is 1. The van der Waals surface area contributed by atoms with E-state index in [1.165, 1.54) is 12.1 Å². The third kappa shape index (κ3) is 7.54. The number of halogens is 1. The zero-order valence-corrected chi connectivity index (χ0v) is 14.9. The first-order chi connectivity index (χ1) is 12.0. The van der Waals surface area contributed by atoms with E-state index in [9.17, 15) is 14.0 Å². The number of hydrogen-bond acceptors (Lipinski definition) is 5. The predicted octanol–water partition coefficient (Wildman–Crippen LogP) is 2.69. The number of rotatable bonds is 4. The number of aldehydes is 1. The Hall–Kier alpha value is -2.80. The molecule has 2 rings (SSSR count). The molecule has 0 saturated heterocycles. The highest BCUT2D eigenvalue weighted by molar-refractivity contribution is 5.98. The second kappa shape index (κ2) is 12.6. The molecule has 0 fully saturated rings. The minimum atomic E-state index is -0.529. The van der Waals surface area contributed by atoms with Crippen molar-refractivity contribution in [2.75, 3.05) is 26.5 Å². The second-order valence-electron chi connectivity index (χ2n) is 4.43. The van der Waals surface area contributed by atoms with E-state index in [0.29, 0.717) is 17.5 Å². The largest absolute Gasteiger partial charge is 0.397 e. The van der Waals surface area contributed by atoms with Crippen LogP contribution in [0.1, 0.15) is 24.3 Å². The highest BCUT2D eigenvalue weighted by Crippen LogP contribution is 2.20. The Kier molecular flexibility index (Phi) is 11.2. The minimum Gasteiger partial charge on any atom is -0.397 e. The van der Waals surface area contributed by atoms with Crippen LogP contribution in [0.4, 0.5) is 10.1 Å². The maximum absolute atomic E-state index is 12.9. The number of pyridine rings is 1. The molecule has 0 unspecified atom stereocenters. The summed E-state index contributed by atoms with van der Waals surface area (Å²) in [5.74, 6) is -0.883. The molecule has 0 spiro atoms. The number of aromatic nitrogens is 1. The molecular formula is C18H24FN3O3. The topological polar surface area (TPSA) is 94.3 Å². The summed E-state index contributed by atoms with van der Waals surface area (Å²) < 4.78 is 17.1. The molecule has 0 radical (unpaired) electrons. The van der Waals surface area contributed by atoms with Crippen LogP contribution in [-0.2, 0) is 9.53 Å². The predicted molar refractivity (Wildman–Crippen MR) is 96.7 cm³/mol. The minimum absolute atomic E-state index is 0.0358. The lowest BCUT2D eigenvalue weighted by atomic mass is 10.1. The number of nitrogen functional groups attached to an aromatic ring is 1. The molecule has 1 aromatic carbocycles. The molecule has 0 aliphatic carbocycles. The van der Waals surface area contributed by atoms with Crippen molar-refractivity contribution in [3.63, 3.8) is 0 Å². The Morgan fingerprint density at radius 2 is 1.76 bits per heavy atom. The van der Waals surface area contributed by atoms with Gasteiger partial charge in [0.2, 0.25) is 0 Å². The molecule has 2 aromatic rings. The van der Waals surface area contributed by atoms with Gasteiger partial charge in [-0.3, -0.25) is 4.79 Å². The quantitative estimate of drug-likeness (QED) is 0.828. The molecule has 1 heterocycles. The Morgan fingerprint density at radius 3 is 2.28 bits per heavy atom. The van der Waals surface area contributed by atoms with Gasteiger partial charge in [-0.2, -0.15) is 0 Å². The van der Waals surface area contributed by atoms with Gasteiger partial charge in [-0.25, -0.2) is 9.37 Å². The van der Waals surface area contributed by atoms with Crippen LogP contribution in [0.2, 0.25) is 0 Å². The zero-order valence-electron chi connectivity index (χ0n) is 14.9. The van der Waals surface area contributed by atoms with E-state index in [1.54, 1.807) is 38.5 Å². The molecule has 1 amide bonds. The molecule has 0 aliphatic rings. The lowest BCUT2D eigenvalue weighted by Gasteiger charge is -2.07. The Morgan fingerprint density at radius 1 is 1.20 bits per heavy atom. The average molecular weight is 349 g/mol. The fourth-order valence-corrected chi connectivity index (χ4v) is 1.65. The molecule has 1 aromatic heterocycles. The van der Waals surface area contributed by atoms with Crippen molar-refractivity contribution < 1.29 is 18.7 Å². The summed E-state index contributed by atoms with van der Waals surface area (Å²) in [6, 6.07) is 8.90. The number of benzene rings is 1. The molecule has 0 saturated carbocycles. The normalized spacial score (nSPS) is 9.00. The lowest BCUT2D eigenvalue weighted by molar-refractivity contribution is -0.107. The van der Waals surface area contributed by atoms with Gasteiger partial charge in [0, 0.05) is 19.8 Å². The summed E-state index contributed by atoms with van der Waals surface area (Å²) in [5, 5.41) is 2.37. The van der Waals surface area contributed by atoms with Gasteiger partial charge in [0.15, 0.2) is 5.69 Å². The lowest BCUT2D eigenvalue weighted by Crippen LogP contribution is -2.27. The van der Waals surface area contributed by atoms with E-state index in [-0.39, 0.29) is 23.7 Å². The van der Waals surface area contributed by atoms with Crippen LogP contribution in [0.15, 0.2) is 36.4 Å². The Labute approximate surface area is 147 Å². The first-order valence-electron chi connectivity index (χ1n) is 7.68. The van der Waals surface area contributed by atoms with Crippen molar-refractivity contribution in [1.82, 2.24) is 10.3 Å². The number of carbonyl (C=O) groups is 2. The number of nitrogens with zero attached hydrogens (tertiary/aromatic N) is 1. The first-order valence-corrected chi connectivity index (χ1v) is 7.68. The van der Waals surface area contributed by atoms with E-state index in [0.717, 1.165) is 0 Å². The summed E-state index contributed by atoms with van der Waals surface area (Å²) in [6.07, 6.45) is 0.567. The van der Waals surface area contributed by atoms with Crippen molar-refractivity contribution in [1.29, 1.82) is 0 Å². The smallest absolute Gasteiger partial charge is 0.272 e. The van der Waals surface area contributed by atoms with Gasteiger partial charge >= 0.3 is 0 Å². The van der Waals surface area contributed by atoms with Crippen LogP contribution in [0, 0.1) is 5.82 Å². The Bertz CT molecular complexity index is 661. The summed E-state index contributed by atoms with van der Waals surface area (Å²) >= 11 is 0. The maximum atomic E-state index is 12.9. The number of nitrogens with one attached hydrogen (secondary N) is 1. The van der Waals surface area contributed by atoms with Crippen molar-refractivity contribution in [2.45, 2.75) is 13.8 Å². The monoisotopic (exact) mass is 349 g/mol. The van der Waals surface area contributed by atoms with Crippen molar-refractivity contribution in [3.8, 4) is 11.3 Å². The van der Waals surface area contributed by atoms with E-state index < -0.39 is 5.91 Å². The van der Waals surface area contributed by atoms with Crippen molar-refractivity contribution >= 4 is 17.9 Å². The van der Waals surface area contributed by atoms with Crippen LogP contribution in [0.25, 0.3) is 11.3 Å². The maximum Gasteiger partial charge on any atom is 0.272 e. The summed E-state index contributed by atoms with van der Waals surface area (Å²) in [5.41, 5.74) is 7.09. The Balaban J connectivity index is 0.00000104. The number of hydrogen-bond donors (Lipinski definition) is 2. The highest BCUT2D eigenvalue weighted by atomic mass is 19.1. The van der Waals surface area contributed by atoms with Crippen LogP contribution < -0.4 is 11.1 Å². The molecule has 25 heavy (non-hydrogen) atoms. The number of ether oxygens (including phenoxy) is 1. The molecule has 3 N–H and O–H groups in total. The summed E-state index contributed by atoms with van der Waals surface area (Å²) in [6.45, 7) is 3.89. The number of anilines is 1. The van der Waals surface area contributed by atoms with Gasteiger partial charge in [0.25, 0.3) is 5.91 Å². The molecule has 136 valence electrons. The van der Waals surface area contributed by atoms with Crippen molar-refractivity contribution in [3.05, 3.63) is 47.9 Å². The van der Waals surface area contributed by atoms with E-state index in [4.69, 9.17) is 5.73 Å². The van der Waals surface area contributed by atoms with Crippen LogP contribution in [-0.4, -0.2) is 37.9 Å². The SMILES string of the molecule is CC.COC.Nc1ccc(-c2ccc(F)cc2)nc1C(=O)NCC=O. The summed E-state index contributed by atoms with van der Waals surface area (Å²) in [7, 11) is 3.25. The van der Waals surface area contributed by atoms with Gasteiger partial charge in [0.05, 0.1) is 17.9 Å². The van der Waals surface area contributed by atoms with Crippen molar-refractivity contribution in [2.24, 2.45) is 0 Å². The first kappa shape index (κ1) is 22.2. The molecule has 6 nitrogen and oxygen atoms in total. The number of methoxy groups -OCH3 is 1. The number of amides is 1. The van der Waals surface area contributed by atoms with Gasteiger partial charge < -0.3 is 20.6 Å². The van der Waals surface area contributed by atoms with Crippen LogP contribution >= 0.6 is 0 Å². The molecule has 0 atom stereocenters. The highest BCUT2D eigenvalue weighted by Gasteiger charge is 2.12. The van der Waals surface area contributed by atoms with E-state index >= 15 is 0 Å². The third-order valence-electron chi connectivity index (χ3n) is 2.63. The second-order valence-corrected chi connectivity index (χ2v) is 4.43.